The summed E-state index contributed by atoms with van der Waals surface area (Å²) >= 11 is 0. The minimum atomic E-state index is 0.871. The van der Waals surface area contributed by atoms with Crippen LogP contribution in [0.5, 0.6) is 0 Å². The van der Waals surface area contributed by atoms with Gasteiger partial charge in [-0.25, -0.2) is 0 Å². The molecule has 1 amide bonds. The van der Waals surface area contributed by atoms with Crippen molar-refractivity contribution < 1.29 is 4.79 Å². The van der Waals surface area contributed by atoms with Crippen molar-refractivity contribution >= 4 is 6.41 Å². The third-order valence-electron chi connectivity index (χ3n) is 2.71. The normalized spacial score (nSPS) is 25.8. The van der Waals surface area contributed by atoms with Crippen LogP contribution in [-0.4, -0.2) is 48.9 Å². The van der Waals surface area contributed by atoms with Crippen molar-refractivity contribution in [1.82, 2.24) is 9.80 Å². The van der Waals surface area contributed by atoms with Crippen LogP contribution in [0.4, 0.5) is 0 Å². The Bertz CT molecular complexity index is 160. The molecule has 0 aromatic heterocycles. The average molecular weight is 167 g/mol. The third kappa shape index (κ3) is 1.97. The van der Waals surface area contributed by atoms with Crippen molar-refractivity contribution in [3.05, 3.63) is 0 Å². The molecule has 1 aliphatic carbocycles. The molecule has 0 bridgehead atoms. The minimum absolute atomic E-state index is 0.871. The van der Waals surface area contributed by atoms with Gasteiger partial charge in [-0.3, -0.25) is 9.69 Å². The van der Waals surface area contributed by atoms with Gasteiger partial charge >= 0.3 is 6.41 Å². The maximum atomic E-state index is 10.3. The highest BCUT2D eigenvalue weighted by Gasteiger charge is 2.25. The van der Waals surface area contributed by atoms with Gasteiger partial charge in [0.1, 0.15) is 0 Å². The largest absolute Gasteiger partial charge is 0.332 e. The van der Waals surface area contributed by atoms with Crippen LogP contribution >= 0.6 is 0 Å². The predicted octanol–water partition coefficient (Wildman–Crippen LogP) is 0.0812. The number of rotatable bonds is 3. The summed E-state index contributed by atoms with van der Waals surface area (Å²) in [5.41, 5.74) is 0. The Labute approximate surface area is 73.3 Å². The number of hydrogen-bond acceptors (Lipinski definition) is 2. The molecule has 67 valence electrons. The second-order valence-corrected chi connectivity index (χ2v) is 3.82. The standard InChI is InChI=1S/C9H15N2O/c12-8-11-5-3-10(4-6-11)7-9-1-2-9/h9H,1-7H2. The summed E-state index contributed by atoms with van der Waals surface area (Å²) < 4.78 is 0. The van der Waals surface area contributed by atoms with Gasteiger partial charge in [0.05, 0.1) is 0 Å². The number of nitrogens with zero attached hydrogens (tertiary/aromatic N) is 2. The minimum Gasteiger partial charge on any atom is -0.332 e. The first-order valence-corrected chi connectivity index (χ1v) is 4.73. The lowest BCUT2D eigenvalue weighted by Crippen LogP contribution is -2.46. The molecule has 2 rings (SSSR count). The zero-order valence-electron chi connectivity index (χ0n) is 7.33. The van der Waals surface area contributed by atoms with E-state index in [1.54, 1.807) is 4.90 Å². The topological polar surface area (TPSA) is 23.6 Å². The molecular formula is C9H15N2O. The van der Waals surface area contributed by atoms with Crippen molar-refractivity contribution in [2.75, 3.05) is 32.7 Å². The number of piperazine rings is 1. The Kier molecular flexibility index (Phi) is 2.30. The summed E-state index contributed by atoms with van der Waals surface area (Å²) in [6.07, 6.45) is 4.78. The third-order valence-corrected chi connectivity index (χ3v) is 2.71. The van der Waals surface area contributed by atoms with Crippen molar-refractivity contribution in [2.24, 2.45) is 5.92 Å². The first kappa shape index (κ1) is 8.05. The molecule has 1 saturated carbocycles. The van der Waals surface area contributed by atoms with Crippen LogP contribution in [0.15, 0.2) is 0 Å². The van der Waals surface area contributed by atoms with E-state index in [1.165, 1.54) is 19.4 Å². The summed E-state index contributed by atoms with van der Waals surface area (Å²) in [4.78, 5) is 14.5. The molecule has 0 spiro atoms. The zero-order chi connectivity index (χ0) is 8.39. The van der Waals surface area contributed by atoms with E-state index in [0.29, 0.717) is 0 Å². The van der Waals surface area contributed by atoms with Gasteiger partial charge in [-0.05, 0) is 18.8 Å². The Morgan fingerprint density at radius 1 is 1.17 bits per heavy atom. The quantitative estimate of drug-likeness (QED) is 0.594. The smallest absolute Gasteiger partial charge is 0.312 e. The Hall–Kier alpha value is -0.570. The molecule has 0 aromatic carbocycles. The summed E-state index contributed by atoms with van der Waals surface area (Å²) in [5, 5.41) is 0. The molecule has 12 heavy (non-hydrogen) atoms. The lowest BCUT2D eigenvalue weighted by atomic mass is 10.3. The monoisotopic (exact) mass is 167 g/mol. The molecule has 1 radical (unpaired) electrons. The lowest BCUT2D eigenvalue weighted by Gasteiger charge is -2.31. The van der Waals surface area contributed by atoms with E-state index >= 15 is 0 Å². The van der Waals surface area contributed by atoms with Crippen LogP contribution in [0.2, 0.25) is 0 Å². The van der Waals surface area contributed by atoms with Crippen molar-refractivity contribution in [1.29, 1.82) is 0 Å². The number of hydrogen-bond donors (Lipinski definition) is 0. The van der Waals surface area contributed by atoms with Gasteiger partial charge in [-0.1, -0.05) is 0 Å². The molecule has 2 fully saturated rings. The van der Waals surface area contributed by atoms with E-state index in [-0.39, 0.29) is 0 Å². The van der Waals surface area contributed by atoms with E-state index in [9.17, 15) is 4.79 Å². The summed E-state index contributed by atoms with van der Waals surface area (Å²) in [6, 6.07) is 0. The summed E-state index contributed by atoms with van der Waals surface area (Å²) in [5.74, 6) is 0.969. The van der Waals surface area contributed by atoms with Crippen molar-refractivity contribution in [3.8, 4) is 0 Å². The van der Waals surface area contributed by atoms with Gasteiger partial charge in [0.15, 0.2) is 0 Å². The molecule has 1 aliphatic heterocycles. The molecule has 0 N–H and O–H groups in total. The fourth-order valence-electron chi connectivity index (χ4n) is 1.69. The highest BCUT2D eigenvalue weighted by atomic mass is 16.1. The van der Waals surface area contributed by atoms with Gasteiger partial charge in [0.2, 0.25) is 0 Å². The SMILES string of the molecule is O=[C]N1CCN(CC2CC2)CC1. The van der Waals surface area contributed by atoms with Crippen LogP contribution in [0, 0.1) is 5.92 Å². The Morgan fingerprint density at radius 2 is 1.83 bits per heavy atom. The lowest BCUT2D eigenvalue weighted by molar-refractivity contribution is 0.173. The molecule has 1 saturated heterocycles. The summed E-state index contributed by atoms with van der Waals surface area (Å²) in [6.45, 7) is 5.09. The second kappa shape index (κ2) is 3.44. The molecule has 0 aromatic rings. The molecule has 0 unspecified atom stereocenters. The first-order valence-electron chi connectivity index (χ1n) is 4.73. The van der Waals surface area contributed by atoms with E-state index in [0.717, 1.165) is 32.1 Å². The molecular weight excluding hydrogens is 152 g/mol. The van der Waals surface area contributed by atoms with Crippen LogP contribution in [0.1, 0.15) is 12.8 Å². The van der Waals surface area contributed by atoms with Crippen LogP contribution in [0.25, 0.3) is 0 Å². The number of amides is 1. The van der Waals surface area contributed by atoms with Crippen LogP contribution in [-0.2, 0) is 4.79 Å². The maximum absolute atomic E-state index is 10.3. The molecule has 1 heterocycles. The number of carbonyl (C=O) groups excluding carboxylic acids is 1. The molecule has 3 nitrogen and oxygen atoms in total. The maximum Gasteiger partial charge on any atom is 0.312 e. The van der Waals surface area contributed by atoms with Gasteiger partial charge in [0.25, 0.3) is 0 Å². The van der Waals surface area contributed by atoms with Crippen LogP contribution < -0.4 is 0 Å². The van der Waals surface area contributed by atoms with E-state index in [2.05, 4.69) is 4.90 Å². The Balaban J connectivity index is 1.70. The average Bonchev–Trinajstić information content (AvgIpc) is 2.90. The first-order chi connectivity index (χ1) is 5.88. The van der Waals surface area contributed by atoms with Gasteiger partial charge < -0.3 is 4.90 Å². The van der Waals surface area contributed by atoms with Crippen molar-refractivity contribution in [2.45, 2.75) is 12.8 Å². The highest BCUT2D eigenvalue weighted by Crippen LogP contribution is 2.29. The van der Waals surface area contributed by atoms with E-state index in [1.807, 2.05) is 6.41 Å². The van der Waals surface area contributed by atoms with Gasteiger partial charge in [0, 0.05) is 32.7 Å². The summed E-state index contributed by atoms with van der Waals surface area (Å²) in [7, 11) is 0. The van der Waals surface area contributed by atoms with Crippen molar-refractivity contribution in [3.63, 3.8) is 0 Å². The second-order valence-electron chi connectivity index (χ2n) is 3.82. The fraction of sp³-hybridized carbons (Fsp3) is 0.889. The van der Waals surface area contributed by atoms with Gasteiger partial charge in [-0.15, -0.1) is 0 Å². The van der Waals surface area contributed by atoms with Crippen LogP contribution in [0.3, 0.4) is 0 Å². The molecule has 2 aliphatic rings. The highest BCUT2D eigenvalue weighted by molar-refractivity contribution is 5.48. The zero-order valence-corrected chi connectivity index (χ0v) is 7.33. The van der Waals surface area contributed by atoms with E-state index < -0.39 is 0 Å². The molecule has 0 atom stereocenters. The van der Waals surface area contributed by atoms with Gasteiger partial charge in [-0.2, -0.15) is 0 Å². The molecule has 3 heteroatoms. The predicted molar refractivity (Wildman–Crippen MR) is 46.4 cm³/mol. The Morgan fingerprint density at radius 3 is 2.33 bits per heavy atom. The van der Waals surface area contributed by atoms with E-state index in [4.69, 9.17) is 0 Å². The fourth-order valence-corrected chi connectivity index (χ4v) is 1.69.